The van der Waals surface area contributed by atoms with Crippen LogP contribution in [0.4, 0.5) is 0 Å². The van der Waals surface area contributed by atoms with Gasteiger partial charge in [-0.25, -0.2) is 14.4 Å². The number of imide groups is 8. The number of hydrogen-bond acceptors (Lipinski definition) is 27. The number of carbonyl (C=O) groups is 21. The van der Waals surface area contributed by atoms with Crippen molar-refractivity contribution >= 4 is 235 Å². The second-order valence-corrected chi connectivity index (χ2v) is 33.2. The largest absolute Gasteiger partial charge is 0.481 e. The second kappa shape index (κ2) is 43.1. The number of ether oxygens (including phenoxy) is 2. The Labute approximate surface area is 734 Å². The molecule has 8 heterocycles. The Bertz CT molecular complexity index is 5030. The average molecular weight is 1990 g/mol. The highest BCUT2D eigenvalue weighted by atomic mass is 79.9. The summed E-state index contributed by atoms with van der Waals surface area (Å²) in [6.45, 7) is -3.71. The highest BCUT2D eigenvalue weighted by molar-refractivity contribution is 9.12. The number of aliphatic carboxylic acids is 4. The van der Waals surface area contributed by atoms with Gasteiger partial charge in [-0.05, 0) is 112 Å². The molecule has 17 amide bonds. The molecule has 8 aliphatic heterocycles. The van der Waals surface area contributed by atoms with Crippen molar-refractivity contribution in [2.45, 2.75) is 50.7 Å². The van der Waals surface area contributed by atoms with E-state index in [2.05, 4.69) is 63.7 Å². The number of thioether (sulfide) groups is 4. The van der Waals surface area contributed by atoms with Crippen LogP contribution in [-0.2, 0) is 110 Å². The number of hydrogen-bond donors (Lipinski definition) is 4. The van der Waals surface area contributed by atoms with Crippen LogP contribution in [0.5, 0.6) is 0 Å². The molecule has 0 aromatic heterocycles. The van der Waals surface area contributed by atoms with E-state index in [1.165, 1.54) is 29.2 Å². The number of benzene rings is 4. The van der Waals surface area contributed by atoms with Crippen molar-refractivity contribution in [1.29, 1.82) is 0 Å². The molecule has 4 aromatic rings. The third-order valence-corrected chi connectivity index (χ3v) is 23.4. The fourth-order valence-electron chi connectivity index (χ4n) is 11.3. The fraction of sp³-hybridized carbons (Fsp3) is 0.208. The van der Waals surface area contributed by atoms with E-state index in [0.717, 1.165) is 120 Å². The molecule has 4 aromatic carbocycles. The van der Waals surface area contributed by atoms with E-state index < -0.39 is 169 Å². The molecule has 1 unspecified atom stereocenters. The highest BCUT2D eigenvalue weighted by Gasteiger charge is 2.45. The van der Waals surface area contributed by atoms with Gasteiger partial charge in [-0.1, -0.05) is 120 Å². The van der Waals surface area contributed by atoms with Crippen molar-refractivity contribution in [2.24, 2.45) is 0 Å². The zero-order valence-electron chi connectivity index (χ0n) is 61.9. The Morgan fingerprint density at radius 1 is 0.322 bits per heavy atom. The molecular weight excluding hydrogens is 1930 g/mol. The molecule has 4 N–H and O–H groups in total. The molecule has 0 saturated heterocycles. The summed E-state index contributed by atoms with van der Waals surface area (Å²) in [7, 11) is 0. The lowest BCUT2D eigenvalue weighted by Crippen LogP contribution is -2.52. The van der Waals surface area contributed by atoms with Gasteiger partial charge < -0.3 is 34.8 Å². The van der Waals surface area contributed by atoms with Crippen molar-refractivity contribution in [1.82, 2.24) is 44.1 Å². The normalized spacial score (nSPS) is 16.7. The Hall–Kier alpha value is -11.5. The molecular formula is C77H61Br4N9O27S4. The molecule has 1 atom stereocenters. The topological polar surface area (TPSA) is 487 Å². The predicted octanol–water partition coefficient (Wildman–Crippen LogP) is 4.80. The second-order valence-electron chi connectivity index (χ2n) is 25.3. The van der Waals surface area contributed by atoms with Gasteiger partial charge in [0.25, 0.3) is 94.5 Å². The summed E-state index contributed by atoms with van der Waals surface area (Å²) in [5, 5.41) is 36.0. The minimum Gasteiger partial charge on any atom is -0.481 e. The van der Waals surface area contributed by atoms with Crippen LogP contribution in [-0.4, -0.2) is 279 Å². The number of halogens is 4. The van der Waals surface area contributed by atoms with Gasteiger partial charge in [0.05, 0.1) is 88.9 Å². The number of carbonyl (C=O) groups excluding carboxylic acids is 17. The number of carboxylic acid groups (broad SMARTS) is 4. The third-order valence-electron chi connectivity index (χ3n) is 17.1. The first-order valence-electron chi connectivity index (χ1n) is 35.0. The van der Waals surface area contributed by atoms with Crippen LogP contribution in [0.1, 0.15) is 12.8 Å². The van der Waals surface area contributed by atoms with Crippen molar-refractivity contribution < 1.29 is 131 Å². The summed E-state index contributed by atoms with van der Waals surface area (Å²) in [6.07, 6.45) is 6.12. The Balaban J connectivity index is 0.000000189. The summed E-state index contributed by atoms with van der Waals surface area (Å²) >= 11 is 16.2. The summed E-state index contributed by atoms with van der Waals surface area (Å²) in [5.41, 5.74) is 0. The van der Waals surface area contributed by atoms with E-state index in [-0.39, 0.29) is 96.3 Å². The molecule has 628 valence electrons. The van der Waals surface area contributed by atoms with Crippen LogP contribution in [0.15, 0.2) is 227 Å². The molecule has 121 heavy (non-hydrogen) atoms. The third kappa shape index (κ3) is 25.1. The predicted molar refractivity (Wildman–Crippen MR) is 438 cm³/mol. The SMILES string of the molecule is O=C(O)C(CN1C(=O)C=C(Br)C1=O)N1C(=O)C=C(Br)C1=O.O=C(O)CCC(=O)N(CCN1C(=O)C=C(Sc2ccccc2)C1=O)CCN1C(=O)C=C(Sc2ccccc2)C1=O.O=C(O)COC(CN1C(=O)C=C(Br)C1=O)CN1C(=O)C=C(Br)C1=O.O=C(O)COC(CN1C(=O)C=C(Sc2ccccc2)C1=O)CN1C(=O)C=C(Sc2ccccc2)C1=O. The van der Waals surface area contributed by atoms with Crippen LogP contribution < -0.4 is 0 Å². The molecule has 8 aliphatic rings. The maximum absolute atomic E-state index is 12.9. The minimum atomic E-state index is -1.66. The Morgan fingerprint density at radius 3 is 0.851 bits per heavy atom. The zero-order valence-corrected chi connectivity index (χ0v) is 71.5. The minimum absolute atomic E-state index is 0.0185. The maximum atomic E-state index is 12.9. The molecule has 44 heteroatoms. The molecule has 0 saturated carbocycles. The zero-order chi connectivity index (χ0) is 88.2. The standard InChI is InChI=1S/C28H25N3O7S2.C25H20N2O7S2.C13H10Br2N2O7.C11H6Br2N2O6/c32-23(11-12-26(35)36)29(13-15-30-24(33)17-21(27(30)37)39-19-7-3-1-4-8-19)14-16-31-25(34)18-22(28(31)38)40-20-9-5-2-6-10-20;28-21-11-19(35-17-7-3-1-4-8-17)24(32)26(21)13-16(34-15-23(30)31)14-27-22(29)12-20(25(27)33)36-18-9-5-2-6-10-18;14-7-1-9(18)16(12(7)22)3-6(24-5-11(20)21)4-17-10(19)2-8(15)13(17)23;12-4-1-7(16)14(9(4)18)3-6(11(20)21)15-8(17)2-5(13)10(15)19/h1-10,17-18H,11-16H2,(H,35,36);1-12,16H,13-15H2,(H,30,31);1-2,6H,3-5H2,(H,20,21);1-2,6H,3H2,(H,20,21). The molecule has 0 spiro atoms. The van der Waals surface area contributed by atoms with Crippen LogP contribution in [0.3, 0.4) is 0 Å². The van der Waals surface area contributed by atoms with Crippen LogP contribution in [0, 0.1) is 0 Å². The Morgan fingerprint density at radius 2 is 0.587 bits per heavy atom. The van der Waals surface area contributed by atoms with Crippen molar-refractivity contribution in [3.8, 4) is 0 Å². The van der Waals surface area contributed by atoms with Gasteiger partial charge in [-0.15, -0.1) is 0 Å². The van der Waals surface area contributed by atoms with Crippen molar-refractivity contribution in [2.75, 3.05) is 72.1 Å². The van der Waals surface area contributed by atoms with Crippen LogP contribution in [0.2, 0.25) is 0 Å². The van der Waals surface area contributed by atoms with Gasteiger partial charge in [-0.3, -0.25) is 126 Å². The quantitative estimate of drug-likeness (QED) is 0.0449. The van der Waals surface area contributed by atoms with Gasteiger partial charge in [-0.2, -0.15) is 0 Å². The first-order valence-corrected chi connectivity index (χ1v) is 41.5. The lowest BCUT2D eigenvalue weighted by Gasteiger charge is -2.27. The van der Waals surface area contributed by atoms with E-state index in [4.69, 9.17) is 24.8 Å². The molecule has 36 nitrogen and oxygen atoms in total. The van der Waals surface area contributed by atoms with Crippen molar-refractivity contribution in [3.63, 3.8) is 0 Å². The molecule has 0 fully saturated rings. The number of rotatable bonds is 35. The first kappa shape index (κ1) is 93.4. The monoisotopic (exact) mass is 1990 g/mol. The van der Waals surface area contributed by atoms with Gasteiger partial charge in [0.15, 0.2) is 6.04 Å². The van der Waals surface area contributed by atoms with Gasteiger partial charge in [0.2, 0.25) is 5.91 Å². The molecule has 0 radical (unpaired) electrons. The average Bonchev–Trinajstić information content (AvgIpc) is 1.81. The summed E-state index contributed by atoms with van der Waals surface area (Å²) in [6, 6.07) is 34.6. The van der Waals surface area contributed by atoms with E-state index >= 15 is 0 Å². The van der Waals surface area contributed by atoms with E-state index in [1.807, 2.05) is 72.8 Å². The van der Waals surface area contributed by atoms with Crippen LogP contribution >= 0.6 is 111 Å². The summed E-state index contributed by atoms with van der Waals surface area (Å²) in [5.74, 6) is -15.6. The summed E-state index contributed by atoms with van der Waals surface area (Å²) < 4.78 is 10.5. The molecule has 0 aliphatic carbocycles. The highest BCUT2D eigenvalue weighted by Crippen LogP contribution is 2.36. The lowest BCUT2D eigenvalue weighted by atomic mass is 10.2. The smallest absolute Gasteiger partial charge is 0.329 e. The van der Waals surface area contributed by atoms with Crippen molar-refractivity contribution in [3.05, 3.63) is 207 Å². The van der Waals surface area contributed by atoms with Gasteiger partial charge in [0.1, 0.15) is 13.2 Å². The molecule has 12 rings (SSSR count). The fourth-order valence-corrected chi connectivity index (χ4v) is 16.5. The maximum Gasteiger partial charge on any atom is 0.329 e. The number of amides is 17. The first-order chi connectivity index (χ1) is 57.5. The molecule has 0 bridgehead atoms. The van der Waals surface area contributed by atoms with Gasteiger partial charge >= 0.3 is 23.9 Å². The van der Waals surface area contributed by atoms with E-state index in [0.29, 0.717) is 9.80 Å². The summed E-state index contributed by atoms with van der Waals surface area (Å²) in [4.78, 5) is 265. The van der Waals surface area contributed by atoms with E-state index in [1.54, 1.807) is 48.5 Å². The van der Waals surface area contributed by atoms with Gasteiger partial charge in [0, 0.05) is 101 Å². The number of carboxylic acids is 4. The lowest BCUT2D eigenvalue weighted by molar-refractivity contribution is -0.156. The van der Waals surface area contributed by atoms with Crippen LogP contribution in [0.25, 0.3) is 0 Å². The van der Waals surface area contributed by atoms with E-state index in [9.17, 15) is 106 Å². The number of nitrogens with zero attached hydrogens (tertiary/aromatic N) is 9. The Kier molecular flexibility index (Phi) is 33.3.